The first-order chi connectivity index (χ1) is 9.40. The van der Waals surface area contributed by atoms with E-state index in [4.69, 9.17) is 0 Å². The molecule has 0 spiro atoms. The van der Waals surface area contributed by atoms with Gasteiger partial charge in [0.15, 0.2) is 0 Å². The zero-order chi connectivity index (χ0) is 13.3. The van der Waals surface area contributed by atoms with Crippen molar-refractivity contribution >= 4 is 5.69 Å². The number of fused-ring (bicyclic) bond motifs is 1. The smallest absolute Gasteiger partial charge is 0.0372 e. The number of benzene rings is 1. The van der Waals surface area contributed by atoms with Gasteiger partial charge in [0.25, 0.3) is 0 Å². The Balaban J connectivity index is 1.58. The third kappa shape index (κ3) is 4.89. The Morgan fingerprint density at radius 1 is 1.00 bits per heavy atom. The molecule has 1 aromatic rings. The normalized spacial score (nSPS) is 17.8. The minimum atomic E-state index is 0.852. The summed E-state index contributed by atoms with van der Waals surface area (Å²) in [6.45, 7) is 3.46. The fourth-order valence-corrected chi connectivity index (χ4v) is 3.10. The minimum Gasteiger partial charge on any atom is -0.385 e. The monoisotopic (exact) mass is 259 g/mol. The molecule has 1 N–H and O–H groups in total. The van der Waals surface area contributed by atoms with Crippen molar-refractivity contribution in [3.63, 3.8) is 0 Å². The Morgan fingerprint density at radius 3 is 2.58 bits per heavy atom. The number of hydrogen-bond acceptors (Lipinski definition) is 1. The molecule has 1 heteroatoms. The van der Waals surface area contributed by atoms with E-state index in [1.54, 1.807) is 0 Å². The van der Waals surface area contributed by atoms with Gasteiger partial charge in [-0.1, -0.05) is 70.1 Å². The number of nitrogens with one attached hydrogen (secondary N) is 1. The van der Waals surface area contributed by atoms with E-state index in [1.165, 1.54) is 75.6 Å². The standard InChI is InChI=1S/C18H29N/c1-2-3-4-5-6-7-8-11-16-14-17-12-9-10-13-18(17)19-15-16/h9-10,12-13,16,19H,2-8,11,14-15H2,1H3. The molecule has 1 aliphatic heterocycles. The second kappa shape index (κ2) is 8.24. The van der Waals surface area contributed by atoms with E-state index >= 15 is 0 Å². The van der Waals surface area contributed by atoms with Crippen LogP contribution in [0.2, 0.25) is 0 Å². The van der Waals surface area contributed by atoms with Crippen LogP contribution in [0.5, 0.6) is 0 Å². The molecular formula is C18H29N. The summed E-state index contributed by atoms with van der Waals surface area (Å²) >= 11 is 0. The SMILES string of the molecule is CCCCCCCCCC1CNc2ccccc2C1. The van der Waals surface area contributed by atoms with Crippen LogP contribution in [0.25, 0.3) is 0 Å². The summed E-state index contributed by atoms with van der Waals surface area (Å²) in [4.78, 5) is 0. The van der Waals surface area contributed by atoms with Crippen molar-refractivity contribution in [1.29, 1.82) is 0 Å². The fourth-order valence-electron chi connectivity index (χ4n) is 3.10. The maximum atomic E-state index is 3.58. The van der Waals surface area contributed by atoms with Crippen LogP contribution in [0.3, 0.4) is 0 Å². The number of rotatable bonds is 8. The zero-order valence-corrected chi connectivity index (χ0v) is 12.5. The second-order valence-corrected chi connectivity index (χ2v) is 6.02. The van der Waals surface area contributed by atoms with E-state index in [0.717, 1.165) is 5.92 Å². The van der Waals surface area contributed by atoms with Gasteiger partial charge in [-0.2, -0.15) is 0 Å². The quantitative estimate of drug-likeness (QED) is 0.615. The van der Waals surface area contributed by atoms with E-state index < -0.39 is 0 Å². The van der Waals surface area contributed by atoms with Gasteiger partial charge in [-0.05, 0) is 30.4 Å². The first-order valence-electron chi connectivity index (χ1n) is 8.22. The predicted octanol–water partition coefficient (Wildman–Crippen LogP) is 5.41. The molecule has 1 atom stereocenters. The van der Waals surface area contributed by atoms with Gasteiger partial charge in [-0.15, -0.1) is 0 Å². The van der Waals surface area contributed by atoms with Crippen molar-refractivity contribution in [1.82, 2.24) is 0 Å². The average molecular weight is 259 g/mol. The molecule has 0 bridgehead atoms. The predicted molar refractivity (Wildman–Crippen MR) is 84.7 cm³/mol. The minimum absolute atomic E-state index is 0.852. The molecule has 0 fully saturated rings. The summed E-state index contributed by atoms with van der Waals surface area (Å²) in [6.07, 6.45) is 12.6. The van der Waals surface area contributed by atoms with Crippen molar-refractivity contribution in [3.05, 3.63) is 29.8 Å². The summed E-state index contributed by atoms with van der Waals surface area (Å²) < 4.78 is 0. The van der Waals surface area contributed by atoms with E-state index in [2.05, 4.69) is 36.5 Å². The Morgan fingerprint density at radius 2 is 1.74 bits per heavy atom. The van der Waals surface area contributed by atoms with Crippen LogP contribution < -0.4 is 5.32 Å². The van der Waals surface area contributed by atoms with Crippen LogP contribution in [0.4, 0.5) is 5.69 Å². The number of anilines is 1. The van der Waals surface area contributed by atoms with Gasteiger partial charge < -0.3 is 5.32 Å². The number of hydrogen-bond donors (Lipinski definition) is 1. The molecule has 2 rings (SSSR count). The summed E-state index contributed by atoms with van der Waals surface area (Å²) in [5, 5.41) is 3.58. The largest absolute Gasteiger partial charge is 0.385 e. The highest BCUT2D eigenvalue weighted by Gasteiger charge is 2.16. The van der Waals surface area contributed by atoms with Crippen LogP contribution in [-0.4, -0.2) is 6.54 Å². The molecule has 1 heterocycles. The lowest BCUT2D eigenvalue weighted by Gasteiger charge is -2.26. The first-order valence-corrected chi connectivity index (χ1v) is 8.22. The van der Waals surface area contributed by atoms with Crippen molar-refractivity contribution in [2.45, 2.75) is 64.7 Å². The van der Waals surface area contributed by atoms with Crippen LogP contribution >= 0.6 is 0 Å². The third-order valence-electron chi connectivity index (χ3n) is 4.32. The van der Waals surface area contributed by atoms with Crippen LogP contribution in [0.15, 0.2) is 24.3 Å². The molecule has 0 amide bonds. The average Bonchev–Trinajstić information content (AvgIpc) is 2.46. The Kier molecular flexibility index (Phi) is 6.26. The van der Waals surface area contributed by atoms with E-state index in [9.17, 15) is 0 Å². The highest BCUT2D eigenvalue weighted by molar-refractivity contribution is 5.53. The molecule has 1 unspecified atom stereocenters. The third-order valence-corrected chi connectivity index (χ3v) is 4.32. The lowest BCUT2D eigenvalue weighted by Crippen LogP contribution is -2.22. The van der Waals surface area contributed by atoms with Gasteiger partial charge in [0.2, 0.25) is 0 Å². The molecule has 1 nitrogen and oxygen atoms in total. The van der Waals surface area contributed by atoms with Crippen molar-refractivity contribution in [2.24, 2.45) is 5.92 Å². The molecule has 1 aromatic carbocycles. The van der Waals surface area contributed by atoms with Crippen LogP contribution in [0, 0.1) is 5.92 Å². The summed E-state index contributed by atoms with van der Waals surface area (Å²) in [5.41, 5.74) is 2.88. The van der Waals surface area contributed by atoms with Gasteiger partial charge in [0.05, 0.1) is 0 Å². The molecule has 0 saturated heterocycles. The van der Waals surface area contributed by atoms with Crippen molar-refractivity contribution < 1.29 is 0 Å². The maximum absolute atomic E-state index is 3.58. The zero-order valence-electron chi connectivity index (χ0n) is 12.5. The molecule has 106 valence electrons. The Bertz CT molecular complexity index is 358. The number of para-hydroxylation sites is 1. The molecule has 0 radical (unpaired) electrons. The molecular weight excluding hydrogens is 230 g/mol. The fraction of sp³-hybridized carbons (Fsp3) is 0.667. The lowest BCUT2D eigenvalue weighted by atomic mass is 9.89. The van der Waals surface area contributed by atoms with Gasteiger partial charge >= 0.3 is 0 Å². The summed E-state index contributed by atoms with van der Waals surface area (Å²) in [6, 6.07) is 8.78. The molecule has 1 aliphatic rings. The van der Waals surface area contributed by atoms with E-state index in [1.807, 2.05) is 0 Å². The van der Waals surface area contributed by atoms with Gasteiger partial charge in [0, 0.05) is 12.2 Å². The highest BCUT2D eigenvalue weighted by Crippen LogP contribution is 2.27. The lowest BCUT2D eigenvalue weighted by molar-refractivity contribution is 0.457. The van der Waals surface area contributed by atoms with Gasteiger partial charge in [-0.3, -0.25) is 0 Å². The molecule has 0 aliphatic carbocycles. The maximum Gasteiger partial charge on any atom is 0.0372 e. The highest BCUT2D eigenvalue weighted by atomic mass is 14.9. The van der Waals surface area contributed by atoms with Crippen molar-refractivity contribution in [2.75, 3.05) is 11.9 Å². The van der Waals surface area contributed by atoms with Crippen LogP contribution in [0.1, 0.15) is 63.9 Å². The topological polar surface area (TPSA) is 12.0 Å². The van der Waals surface area contributed by atoms with E-state index in [-0.39, 0.29) is 0 Å². The first kappa shape index (κ1) is 14.4. The second-order valence-electron chi connectivity index (χ2n) is 6.02. The number of unbranched alkanes of at least 4 members (excludes halogenated alkanes) is 6. The summed E-state index contributed by atoms with van der Waals surface area (Å²) in [5.74, 6) is 0.852. The van der Waals surface area contributed by atoms with Crippen molar-refractivity contribution in [3.8, 4) is 0 Å². The molecule has 19 heavy (non-hydrogen) atoms. The van der Waals surface area contributed by atoms with Gasteiger partial charge in [0.1, 0.15) is 0 Å². The van der Waals surface area contributed by atoms with Gasteiger partial charge in [-0.25, -0.2) is 0 Å². The van der Waals surface area contributed by atoms with Crippen LogP contribution in [-0.2, 0) is 6.42 Å². The molecule has 0 aromatic heterocycles. The van der Waals surface area contributed by atoms with E-state index in [0.29, 0.717) is 0 Å². The Hall–Kier alpha value is -0.980. The Labute approximate surface area is 118 Å². The summed E-state index contributed by atoms with van der Waals surface area (Å²) in [7, 11) is 0. The molecule has 0 saturated carbocycles.